The normalized spacial score (nSPS) is 11.4. The van der Waals surface area contributed by atoms with E-state index in [-0.39, 0.29) is 11.5 Å². The van der Waals surface area contributed by atoms with Crippen LogP contribution in [0.2, 0.25) is 10.0 Å². The van der Waals surface area contributed by atoms with Gasteiger partial charge in [-0.3, -0.25) is 9.59 Å². The summed E-state index contributed by atoms with van der Waals surface area (Å²) in [6.07, 6.45) is -1.06. The molecule has 2 amide bonds. The third-order valence-corrected chi connectivity index (χ3v) is 5.40. The first-order valence-electron chi connectivity index (χ1n) is 8.75. The number of ether oxygens (including phenoxy) is 1. The van der Waals surface area contributed by atoms with E-state index in [9.17, 15) is 14.4 Å². The Morgan fingerprint density at radius 2 is 1.73 bits per heavy atom. The molecule has 1 heterocycles. The average Bonchev–Trinajstić information content (AvgIpc) is 3.26. The van der Waals surface area contributed by atoms with Crippen LogP contribution in [-0.4, -0.2) is 23.9 Å². The molecule has 2 aromatic carbocycles. The van der Waals surface area contributed by atoms with Gasteiger partial charge in [-0.25, -0.2) is 4.79 Å². The van der Waals surface area contributed by atoms with Crippen LogP contribution in [0.3, 0.4) is 0 Å². The summed E-state index contributed by atoms with van der Waals surface area (Å²) in [5, 5.41) is 7.84. The van der Waals surface area contributed by atoms with Crippen LogP contribution >= 0.6 is 34.5 Å². The first-order valence-corrected chi connectivity index (χ1v) is 10.4. The number of anilines is 2. The smallest absolute Gasteiger partial charge is 0.338 e. The lowest BCUT2D eigenvalue weighted by Gasteiger charge is -2.14. The molecule has 9 heteroatoms. The number of benzene rings is 2. The predicted molar refractivity (Wildman–Crippen MR) is 119 cm³/mol. The molecule has 3 aromatic rings. The van der Waals surface area contributed by atoms with E-state index in [1.54, 1.807) is 36.4 Å². The average molecular weight is 463 g/mol. The van der Waals surface area contributed by atoms with E-state index < -0.39 is 18.0 Å². The fourth-order valence-electron chi connectivity index (χ4n) is 2.40. The molecular formula is C21H16Cl2N2O4S. The quantitative estimate of drug-likeness (QED) is 0.474. The number of rotatable bonds is 6. The summed E-state index contributed by atoms with van der Waals surface area (Å²) in [7, 11) is 0. The predicted octanol–water partition coefficient (Wildman–Crippen LogP) is 5.49. The summed E-state index contributed by atoms with van der Waals surface area (Å²) in [5.41, 5.74) is 1.10. The number of esters is 1. The molecule has 30 heavy (non-hydrogen) atoms. The highest BCUT2D eigenvalue weighted by Gasteiger charge is 2.20. The molecule has 2 N–H and O–H groups in total. The van der Waals surface area contributed by atoms with Crippen molar-refractivity contribution in [3.05, 3.63) is 80.5 Å². The van der Waals surface area contributed by atoms with Gasteiger partial charge in [0.15, 0.2) is 6.10 Å². The molecule has 3 rings (SSSR count). The van der Waals surface area contributed by atoms with Crippen molar-refractivity contribution in [1.29, 1.82) is 0 Å². The second-order valence-electron chi connectivity index (χ2n) is 6.17. The van der Waals surface area contributed by atoms with E-state index in [1.807, 2.05) is 5.38 Å². The highest BCUT2D eigenvalue weighted by molar-refractivity contribution is 7.12. The number of thiophene rings is 1. The lowest BCUT2D eigenvalue weighted by molar-refractivity contribution is -0.123. The van der Waals surface area contributed by atoms with Crippen LogP contribution in [0.4, 0.5) is 11.4 Å². The Bertz CT molecular complexity index is 1070. The number of carbonyl (C=O) groups is 3. The number of halogens is 2. The summed E-state index contributed by atoms with van der Waals surface area (Å²) in [6, 6.07) is 14.3. The molecule has 0 aliphatic heterocycles. The largest absolute Gasteiger partial charge is 0.449 e. The van der Waals surface area contributed by atoms with Crippen molar-refractivity contribution >= 4 is 63.7 Å². The minimum Gasteiger partial charge on any atom is -0.449 e. The highest BCUT2D eigenvalue weighted by atomic mass is 35.5. The molecule has 1 aromatic heterocycles. The van der Waals surface area contributed by atoms with Gasteiger partial charge in [0.05, 0.1) is 21.2 Å². The first-order chi connectivity index (χ1) is 14.3. The standard InChI is InChI=1S/C21H16Cl2N2O4S/c1-12(19(26)25-17-11-14(22)6-9-16(17)23)29-21(28)13-4-7-15(8-5-13)24-20(27)18-3-2-10-30-18/h2-12H,1H3,(H,24,27)(H,25,26). The molecule has 6 nitrogen and oxygen atoms in total. The summed E-state index contributed by atoms with van der Waals surface area (Å²) >= 11 is 13.2. The zero-order chi connectivity index (χ0) is 21.7. The zero-order valence-electron chi connectivity index (χ0n) is 15.6. The number of hydrogen-bond acceptors (Lipinski definition) is 5. The molecule has 0 spiro atoms. The Hall–Kier alpha value is -2.87. The minimum absolute atomic E-state index is 0.231. The number of hydrogen-bond donors (Lipinski definition) is 2. The molecule has 1 unspecified atom stereocenters. The first kappa shape index (κ1) is 21.8. The molecule has 0 fully saturated rings. The van der Waals surface area contributed by atoms with E-state index in [0.29, 0.717) is 26.3 Å². The van der Waals surface area contributed by atoms with Gasteiger partial charge in [0.2, 0.25) is 0 Å². The van der Waals surface area contributed by atoms with Crippen molar-refractivity contribution in [3.63, 3.8) is 0 Å². The van der Waals surface area contributed by atoms with Gasteiger partial charge in [-0.2, -0.15) is 0 Å². The van der Waals surface area contributed by atoms with Gasteiger partial charge in [0, 0.05) is 10.7 Å². The van der Waals surface area contributed by atoms with Crippen LogP contribution in [0.1, 0.15) is 27.0 Å². The Kier molecular flexibility index (Phi) is 7.10. The zero-order valence-corrected chi connectivity index (χ0v) is 18.0. The van der Waals surface area contributed by atoms with Crippen molar-refractivity contribution in [2.24, 2.45) is 0 Å². The van der Waals surface area contributed by atoms with Gasteiger partial charge in [-0.15, -0.1) is 11.3 Å². The van der Waals surface area contributed by atoms with Crippen LogP contribution in [0.5, 0.6) is 0 Å². The van der Waals surface area contributed by atoms with Gasteiger partial charge < -0.3 is 15.4 Å². The summed E-state index contributed by atoms with van der Waals surface area (Å²) < 4.78 is 5.21. The van der Waals surface area contributed by atoms with Crippen molar-refractivity contribution in [3.8, 4) is 0 Å². The summed E-state index contributed by atoms with van der Waals surface area (Å²) in [6.45, 7) is 1.45. The topological polar surface area (TPSA) is 84.5 Å². The number of nitrogens with one attached hydrogen (secondary N) is 2. The van der Waals surface area contributed by atoms with E-state index >= 15 is 0 Å². The van der Waals surface area contributed by atoms with Crippen molar-refractivity contribution < 1.29 is 19.1 Å². The fraction of sp³-hybridized carbons (Fsp3) is 0.0952. The molecule has 0 saturated heterocycles. The molecule has 0 bridgehead atoms. The highest BCUT2D eigenvalue weighted by Crippen LogP contribution is 2.25. The molecule has 1 atom stereocenters. The van der Waals surface area contributed by atoms with Crippen LogP contribution in [-0.2, 0) is 9.53 Å². The fourth-order valence-corrected chi connectivity index (χ4v) is 3.36. The van der Waals surface area contributed by atoms with Gasteiger partial charge in [-0.1, -0.05) is 29.3 Å². The molecule has 154 valence electrons. The summed E-state index contributed by atoms with van der Waals surface area (Å²) in [5.74, 6) is -1.45. The van der Waals surface area contributed by atoms with Crippen molar-refractivity contribution in [2.45, 2.75) is 13.0 Å². The van der Waals surface area contributed by atoms with Gasteiger partial charge >= 0.3 is 5.97 Å². The van der Waals surface area contributed by atoms with E-state index in [0.717, 1.165) is 0 Å². The molecule has 0 saturated carbocycles. The van der Waals surface area contributed by atoms with Gasteiger partial charge in [0.1, 0.15) is 0 Å². The van der Waals surface area contributed by atoms with Crippen molar-refractivity contribution in [2.75, 3.05) is 10.6 Å². The summed E-state index contributed by atoms with van der Waals surface area (Å²) in [4.78, 5) is 37.2. The van der Waals surface area contributed by atoms with Gasteiger partial charge in [0.25, 0.3) is 11.8 Å². The SMILES string of the molecule is CC(OC(=O)c1ccc(NC(=O)c2cccs2)cc1)C(=O)Nc1cc(Cl)ccc1Cl. The van der Waals surface area contributed by atoms with Crippen LogP contribution in [0, 0.1) is 0 Å². The molecular weight excluding hydrogens is 447 g/mol. The molecule has 0 radical (unpaired) electrons. The maximum atomic E-state index is 12.3. The Labute approximate surface area is 186 Å². The van der Waals surface area contributed by atoms with E-state index in [4.69, 9.17) is 27.9 Å². The molecule has 0 aliphatic carbocycles. The van der Waals surface area contributed by atoms with E-state index in [1.165, 1.54) is 36.5 Å². The second-order valence-corrected chi connectivity index (χ2v) is 7.96. The minimum atomic E-state index is -1.06. The maximum Gasteiger partial charge on any atom is 0.338 e. The third-order valence-electron chi connectivity index (χ3n) is 3.96. The lowest BCUT2D eigenvalue weighted by Crippen LogP contribution is -2.30. The Morgan fingerprint density at radius 3 is 2.40 bits per heavy atom. The van der Waals surface area contributed by atoms with Crippen molar-refractivity contribution in [1.82, 2.24) is 0 Å². The maximum absolute atomic E-state index is 12.3. The van der Waals surface area contributed by atoms with Crippen LogP contribution < -0.4 is 10.6 Å². The van der Waals surface area contributed by atoms with Gasteiger partial charge in [-0.05, 0) is 60.8 Å². The lowest BCUT2D eigenvalue weighted by atomic mass is 10.2. The third kappa shape index (κ3) is 5.60. The van der Waals surface area contributed by atoms with Crippen LogP contribution in [0.15, 0.2) is 60.0 Å². The Morgan fingerprint density at radius 1 is 1.00 bits per heavy atom. The monoisotopic (exact) mass is 462 g/mol. The molecule has 0 aliphatic rings. The van der Waals surface area contributed by atoms with Crippen LogP contribution in [0.25, 0.3) is 0 Å². The second kappa shape index (κ2) is 9.75. The Balaban J connectivity index is 1.57. The number of amides is 2. The van der Waals surface area contributed by atoms with E-state index in [2.05, 4.69) is 10.6 Å². The number of carbonyl (C=O) groups excluding carboxylic acids is 3.